The first kappa shape index (κ1) is 19.5. The minimum atomic E-state index is -2.98. The van der Waals surface area contributed by atoms with Gasteiger partial charge in [-0.1, -0.05) is 0 Å². The molecule has 2 rings (SSSR count). The highest BCUT2D eigenvalue weighted by molar-refractivity contribution is 8.02. The molecule has 2 atom stereocenters. The number of carbonyl (C=O) groups excluding carboxylic acids is 2. The Hall–Kier alpha value is -1.81. The van der Waals surface area contributed by atoms with Crippen LogP contribution in [0.5, 0.6) is 5.75 Å². The van der Waals surface area contributed by atoms with Crippen LogP contribution in [0.15, 0.2) is 24.3 Å². The van der Waals surface area contributed by atoms with Crippen molar-refractivity contribution < 1.29 is 27.1 Å². The van der Waals surface area contributed by atoms with Crippen molar-refractivity contribution in [3.8, 4) is 5.75 Å². The van der Waals surface area contributed by atoms with E-state index in [1.54, 1.807) is 0 Å². The Labute approximate surface area is 149 Å². The molecule has 1 aliphatic heterocycles. The second-order valence-corrected chi connectivity index (χ2v) is 9.10. The number of hydrogen-bond donors (Lipinski definition) is 2. The molecule has 0 radical (unpaired) electrons. The number of hydrazine groups is 1. The number of thioether (sulfide) groups is 1. The van der Waals surface area contributed by atoms with Gasteiger partial charge in [0.25, 0.3) is 5.91 Å². The smallest absolute Gasteiger partial charge is 0.279 e. The van der Waals surface area contributed by atoms with E-state index >= 15 is 0 Å². The number of amides is 2. The van der Waals surface area contributed by atoms with Gasteiger partial charge in [0.05, 0.1) is 17.3 Å². The monoisotopic (exact) mass is 390 g/mol. The second kappa shape index (κ2) is 8.52. The molecule has 2 amide bonds. The van der Waals surface area contributed by atoms with Crippen LogP contribution in [0.4, 0.5) is 4.39 Å². The van der Waals surface area contributed by atoms with Gasteiger partial charge in [-0.3, -0.25) is 20.4 Å². The van der Waals surface area contributed by atoms with E-state index < -0.39 is 33.6 Å². The Kier molecular flexibility index (Phi) is 6.65. The topological polar surface area (TPSA) is 102 Å². The molecule has 0 bridgehead atoms. The molecule has 1 aromatic carbocycles. The van der Waals surface area contributed by atoms with Gasteiger partial charge in [-0.2, -0.15) is 0 Å². The molecule has 2 N–H and O–H groups in total. The lowest BCUT2D eigenvalue weighted by Crippen LogP contribution is -2.47. The number of nitrogens with one attached hydrogen (secondary N) is 2. The number of sulfone groups is 1. The molecule has 7 nitrogen and oxygen atoms in total. The van der Waals surface area contributed by atoms with Crippen molar-refractivity contribution in [2.24, 2.45) is 0 Å². The lowest BCUT2D eigenvalue weighted by molar-refractivity contribution is -0.131. The first-order valence-corrected chi connectivity index (χ1v) is 10.4. The molecule has 1 heterocycles. The summed E-state index contributed by atoms with van der Waals surface area (Å²) in [5.41, 5.74) is 4.49. The van der Waals surface area contributed by atoms with Gasteiger partial charge in [-0.25, -0.2) is 12.8 Å². The zero-order valence-electron chi connectivity index (χ0n) is 13.5. The van der Waals surface area contributed by atoms with Crippen LogP contribution < -0.4 is 15.6 Å². The summed E-state index contributed by atoms with van der Waals surface area (Å²) < 4.78 is 40.8. The van der Waals surface area contributed by atoms with Crippen molar-refractivity contribution in [3.63, 3.8) is 0 Å². The van der Waals surface area contributed by atoms with Crippen molar-refractivity contribution in [1.82, 2.24) is 10.9 Å². The number of carbonyl (C=O) groups is 2. The zero-order valence-corrected chi connectivity index (χ0v) is 15.2. The van der Waals surface area contributed by atoms with E-state index in [2.05, 4.69) is 10.9 Å². The van der Waals surface area contributed by atoms with Gasteiger partial charge >= 0.3 is 0 Å². The van der Waals surface area contributed by atoms with Gasteiger partial charge in [0.2, 0.25) is 5.91 Å². The predicted molar refractivity (Wildman–Crippen MR) is 92.3 cm³/mol. The largest absolute Gasteiger partial charge is 0.481 e. The zero-order chi connectivity index (χ0) is 18.4. The van der Waals surface area contributed by atoms with E-state index in [4.69, 9.17) is 4.74 Å². The normalized spacial score (nSPS) is 19.8. The van der Waals surface area contributed by atoms with Crippen molar-refractivity contribution >= 4 is 33.4 Å². The lowest BCUT2D eigenvalue weighted by Gasteiger charge is -2.15. The molecule has 0 saturated carbocycles. The summed E-state index contributed by atoms with van der Waals surface area (Å²) in [6.45, 7) is 1.49. The van der Waals surface area contributed by atoms with E-state index in [9.17, 15) is 22.4 Å². The number of hydrogen-bond acceptors (Lipinski definition) is 6. The molecular formula is C15H19FN2O5S2. The Morgan fingerprint density at radius 2 is 2.00 bits per heavy atom. The van der Waals surface area contributed by atoms with Crippen LogP contribution in [0.2, 0.25) is 0 Å². The molecule has 138 valence electrons. The number of ether oxygens (including phenoxy) is 1. The van der Waals surface area contributed by atoms with Crippen molar-refractivity contribution in [2.45, 2.75) is 24.7 Å². The van der Waals surface area contributed by atoms with Crippen molar-refractivity contribution in [1.29, 1.82) is 0 Å². The van der Waals surface area contributed by atoms with Crippen LogP contribution in [0, 0.1) is 5.82 Å². The van der Waals surface area contributed by atoms with E-state index in [0.717, 1.165) is 0 Å². The molecule has 0 unspecified atom stereocenters. The maximum atomic E-state index is 12.8. The highest BCUT2D eigenvalue weighted by atomic mass is 32.2. The Bertz CT molecular complexity index is 724. The average molecular weight is 390 g/mol. The first-order valence-electron chi connectivity index (χ1n) is 7.58. The van der Waals surface area contributed by atoms with Crippen molar-refractivity contribution in [2.75, 3.05) is 17.3 Å². The third-order valence-electron chi connectivity index (χ3n) is 3.46. The van der Waals surface area contributed by atoms with Gasteiger partial charge in [0.15, 0.2) is 15.9 Å². The van der Waals surface area contributed by atoms with Crippen LogP contribution in [0.3, 0.4) is 0 Å². The predicted octanol–water partition coefficient (Wildman–Crippen LogP) is 0.661. The molecule has 1 saturated heterocycles. The van der Waals surface area contributed by atoms with Gasteiger partial charge in [0.1, 0.15) is 11.6 Å². The summed E-state index contributed by atoms with van der Waals surface area (Å²) >= 11 is 1.25. The maximum absolute atomic E-state index is 12.8. The highest BCUT2D eigenvalue weighted by Gasteiger charge is 2.28. The number of halogens is 1. The molecule has 1 aliphatic rings. The van der Waals surface area contributed by atoms with Gasteiger partial charge < -0.3 is 4.74 Å². The first-order chi connectivity index (χ1) is 11.7. The summed E-state index contributed by atoms with van der Waals surface area (Å²) in [5.74, 6) is -0.796. The fraction of sp³-hybridized carbons (Fsp3) is 0.467. The molecule has 0 aliphatic carbocycles. The third-order valence-corrected chi connectivity index (χ3v) is 6.74. The SMILES string of the molecule is C[C@H](Oc1ccc(F)cc1)C(=O)NNC(=O)CS[C@@H]1CCS(=O)(=O)C1. The van der Waals surface area contributed by atoms with Crippen LogP contribution in [-0.2, 0) is 19.4 Å². The number of rotatable bonds is 6. The number of benzene rings is 1. The Morgan fingerprint density at radius 1 is 1.32 bits per heavy atom. The van der Waals surface area contributed by atoms with Gasteiger partial charge in [0, 0.05) is 5.25 Å². The standard InChI is InChI=1S/C15H19FN2O5S2/c1-10(23-12-4-2-11(16)3-5-12)15(20)18-17-14(19)8-24-13-6-7-25(21,22)9-13/h2-5,10,13H,6-9H2,1H3,(H,17,19)(H,18,20)/t10-,13+/m0/s1. The maximum Gasteiger partial charge on any atom is 0.279 e. The second-order valence-electron chi connectivity index (χ2n) is 5.59. The minimum Gasteiger partial charge on any atom is -0.481 e. The van der Waals surface area contributed by atoms with E-state index in [1.807, 2.05) is 0 Å². The fourth-order valence-electron chi connectivity index (χ4n) is 2.13. The van der Waals surface area contributed by atoms with Crippen molar-refractivity contribution in [3.05, 3.63) is 30.1 Å². The van der Waals surface area contributed by atoms with Gasteiger partial charge in [-0.05, 0) is 37.6 Å². The van der Waals surface area contributed by atoms with Crippen LogP contribution in [0.1, 0.15) is 13.3 Å². The van der Waals surface area contributed by atoms with Crippen LogP contribution in [-0.4, -0.2) is 48.8 Å². The third kappa shape index (κ3) is 6.54. The summed E-state index contributed by atoms with van der Waals surface area (Å²) in [7, 11) is -2.98. The van der Waals surface area contributed by atoms with Crippen LogP contribution >= 0.6 is 11.8 Å². The summed E-state index contributed by atoms with van der Waals surface area (Å²) in [6.07, 6.45) is -0.353. The highest BCUT2D eigenvalue weighted by Crippen LogP contribution is 2.23. The lowest BCUT2D eigenvalue weighted by atomic mass is 10.3. The molecule has 1 fully saturated rings. The fourth-order valence-corrected chi connectivity index (χ4v) is 5.57. The molecule has 25 heavy (non-hydrogen) atoms. The summed E-state index contributed by atoms with van der Waals surface area (Å²) in [5, 5.41) is -0.0906. The summed E-state index contributed by atoms with van der Waals surface area (Å²) in [6, 6.07) is 5.21. The molecule has 0 aromatic heterocycles. The quantitative estimate of drug-likeness (QED) is 0.692. The Balaban J connectivity index is 1.68. The van der Waals surface area contributed by atoms with Crippen LogP contribution in [0.25, 0.3) is 0 Å². The molecule has 10 heteroatoms. The van der Waals surface area contributed by atoms with E-state index in [0.29, 0.717) is 12.2 Å². The molecular weight excluding hydrogens is 371 g/mol. The summed E-state index contributed by atoms with van der Waals surface area (Å²) in [4.78, 5) is 23.6. The average Bonchev–Trinajstić information content (AvgIpc) is 2.91. The molecule has 1 aromatic rings. The molecule has 0 spiro atoms. The minimum absolute atomic E-state index is 0.0493. The van der Waals surface area contributed by atoms with Gasteiger partial charge in [-0.15, -0.1) is 11.8 Å². The Morgan fingerprint density at radius 3 is 2.60 bits per heavy atom. The van der Waals surface area contributed by atoms with E-state index in [1.165, 1.54) is 43.0 Å². The van der Waals surface area contributed by atoms with E-state index in [-0.39, 0.29) is 22.5 Å².